The molecule has 0 radical (unpaired) electrons. The van der Waals surface area contributed by atoms with Gasteiger partial charge in [-0.3, -0.25) is 0 Å². The van der Waals surface area contributed by atoms with Gasteiger partial charge in [-0.25, -0.2) is 0 Å². The first kappa shape index (κ1) is 57.5. The number of fused-ring (bicyclic) bond motifs is 3. The van der Waals surface area contributed by atoms with Crippen molar-refractivity contribution in [2.45, 2.75) is 221 Å². The van der Waals surface area contributed by atoms with E-state index in [4.69, 9.17) is 14.2 Å². The van der Waals surface area contributed by atoms with Crippen LogP contribution in [0.1, 0.15) is 231 Å². The van der Waals surface area contributed by atoms with Gasteiger partial charge >= 0.3 is 388 Å². The van der Waals surface area contributed by atoms with Gasteiger partial charge < -0.3 is 0 Å². The van der Waals surface area contributed by atoms with Crippen molar-refractivity contribution in [1.29, 1.82) is 0 Å². The topological polar surface area (TPSA) is 44.8 Å². The SMILES string of the molecule is C=c1sc(C(=O)OCC(CC)CCCC)c/c1=C(/[Se]C(C)(C)C)c1cc2c(OCC(CCCC)CCCCCC)c3cc4sc(C(C)(C)C)cc4c(OCC(CCCC)CCCCCC)c3cc2s1. The summed E-state index contributed by atoms with van der Waals surface area (Å²) in [6.45, 7) is 34.2. The van der Waals surface area contributed by atoms with Crippen LogP contribution in [0.3, 0.4) is 0 Å². The third-order valence-corrected chi connectivity index (χ3v) is 20.3. The Morgan fingerprint density at radius 1 is 0.551 bits per heavy atom. The molecule has 2 aromatic carbocycles. The minimum absolute atomic E-state index is 0.0216. The van der Waals surface area contributed by atoms with Crippen LogP contribution in [0.2, 0.25) is 4.31 Å². The van der Waals surface area contributed by atoms with E-state index in [1.165, 1.54) is 148 Å². The van der Waals surface area contributed by atoms with Crippen molar-refractivity contribution in [2.75, 3.05) is 19.8 Å². The number of carbonyl (C=O) groups is 1. The average molecular weight is 1060 g/mol. The zero-order valence-electron chi connectivity index (χ0n) is 45.4. The first-order chi connectivity index (χ1) is 33.0. The first-order valence-corrected chi connectivity index (χ1v) is 31.6. The monoisotopic (exact) mass is 1060 g/mol. The quantitative estimate of drug-likeness (QED) is 0.0252. The number of hydrogen-bond donors (Lipinski definition) is 0. The molecule has 0 aliphatic rings. The molecule has 0 saturated heterocycles. The van der Waals surface area contributed by atoms with Crippen molar-refractivity contribution in [1.82, 2.24) is 0 Å². The first-order valence-electron chi connectivity index (χ1n) is 27.5. The van der Waals surface area contributed by atoms with E-state index in [1.54, 1.807) is 0 Å². The predicted molar refractivity (Wildman–Crippen MR) is 309 cm³/mol. The Bertz CT molecular complexity index is 2460. The Hall–Kier alpha value is -2.35. The van der Waals surface area contributed by atoms with E-state index in [9.17, 15) is 4.79 Å². The Morgan fingerprint density at radius 2 is 1.04 bits per heavy atom. The number of benzene rings is 2. The molecule has 0 fully saturated rings. The number of ether oxygens (including phenoxy) is 3. The van der Waals surface area contributed by atoms with Crippen LogP contribution in [0.5, 0.6) is 11.5 Å². The summed E-state index contributed by atoms with van der Waals surface area (Å²) in [5.74, 6) is 3.24. The third kappa shape index (κ3) is 16.8. The van der Waals surface area contributed by atoms with Crippen LogP contribution < -0.4 is 19.2 Å². The van der Waals surface area contributed by atoms with Gasteiger partial charge in [0.25, 0.3) is 0 Å². The summed E-state index contributed by atoms with van der Waals surface area (Å²) in [6.07, 6.45) is 24.4. The van der Waals surface area contributed by atoms with Crippen molar-refractivity contribution in [3.8, 4) is 11.5 Å². The molecule has 0 spiro atoms. The number of thiophene rings is 3. The van der Waals surface area contributed by atoms with Gasteiger partial charge in [0.15, 0.2) is 0 Å². The van der Waals surface area contributed by atoms with E-state index in [1.807, 2.05) is 22.7 Å². The molecule has 3 atom stereocenters. The van der Waals surface area contributed by atoms with Crippen LogP contribution >= 0.6 is 34.0 Å². The molecule has 5 aromatic rings. The van der Waals surface area contributed by atoms with Crippen LogP contribution in [0.4, 0.5) is 0 Å². The molecule has 3 unspecified atom stereocenters. The van der Waals surface area contributed by atoms with Crippen molar-refractivity contribution < 1.29 is 19.0 Å². The van der Waals surface area contributed by atoms with Crippen LogP contribution in [-0.2, 0) is 10.2 Å². The van der Waals surface area contributed by atoms with Crippen molar-refractivity contribution >= 4 is 96.9 Å². The summed E-state index contributed by atoms with van der Waals surface area (Å²) in [4.78, 5) is 17.0. The maximum atomic E-state index is 13.7. The standard InChI is InChI=1S/C61H92O4S3Se/c1-14-20-25-27-32-44(30-23-17-4)40-63-56-48-36-52-50(38-55(68-52)60(8,9)10)57(64-41-45(31-24-18-5)33-28-26-21-15-2)47(48)35-51-49(56)37-53(67-51)58(69-61(11,12)13)46-34-54(66-42(46)7)59(62)65-39-43(19-6)29-22-16-3/h34-38,43-45H,7,14-33,39-41H2,1-6,8-13H3/b58-46-. The number of unbranched alkanes of at least 4 members (excludes halogenated alkanes) is 9. The fourth-order valence-electron chi connectivity index (χ4n) is 9.41. The molecule has 4 nitrogen and oxygen atoms in total. The average Bonchev–Trinajstić information content (AvgIpc) is 4.06. The van der Waals surface area contributed by atoms with Crippen molar-refractivity contribution in [2.24, 2.45) is 17.8 Å². The number of carbonyl (C=O) groups excluding carboxylic acids is 1. The van der Waals surface area contributed by atoms with Crippen LogP contribution in [0.15, 0.2) is 30.3 Å². The van der Waals surface area contributed by atoms with Crippen LogP contribution in [-0.4, -0.2) is 40.7 Å². The summed E-state index contributed by atoms with van der Waals surface area (Å²) < 4.78 is 25.5. The molecular formula is C61H92O4S3Se. The van der Waals surface area contributed by atoms with E-state index < -0.39 is 0 Å². The molecule has 8 heteroatoms. The van der Waals surface area contributed by atoms with E-state index in [0.717, 1.165) is 64.3 Å². The van der Waals surface area contributed by atoms with Gasteiger partial charge in [0.2, 0.25) is 0 Å². The zero-order valence-corrected chi connectivity index (χ0v) is 49.5. The predicted octanol–water partition coefficient (Wildman–Crippen LogP) is 18.8. The summed E-state index contributed by atoms with van der Waals surface area (Å²) in [5.41, 5.74) is 0.0216. The van der Waals surface area contributed by atoms with E-state index >= 15 is 0 Å². The molecular weight excluding hydrogens is 972 g/mol. The summed E-state index contributed by atoms with van der Waals surface area (Å²) in [7, 11) is 0. The molecule has 3 aromatic heterocycles. The molecule has 0 aliphatic carbocycles. The fourth-order valence-corrected chi connectivity index (χ4v) is 15.3. The second kappa shape index (κ2) is 28.2. The Kier molecular flexibility index (Phi) is 23.5. The molecule has 0 amide bonds. The molecule has 0 bridgehead atoms. The summed E-state index contributed by atoms with van der Waals surface area (Å²) in [6, 6.07) is 11.8. The Morgan fingerprint density at radius 3 is 1.54 bits per heavy atom. The molecule has 384 valence electrons. The van der Waals surface area contributed by atoms with Crippen LogP contribution in [0, 0.1) is 17.8 Å². The second-order valence-electron chi connectivity index (χ2n) is 22.1. The second-order valence-corrected chi connectivity index (χ2v) is 29.3. The van der Waals surface area contributed by atoms with Gasteiger partial charge in [-0.1, -0.05) is 52.9 Å². The van der Waals surface area contributed by atoms with Gasteiger partial charge in [0, 0.05) is 0 Å². The molecule has 0 aliphatic heterocycles. The van der Waals surface area contributed by atoms with Gasteiger partial charge in [0.05, 0.1) is 0 Å². The molecule has 0 N–H and O–H groups in total. The Balaban J connectivity index is 1.73. The van der Waals surface area contributed by atoms with E-state index in [-0.39, 0.29) is 30.7 Å². The third-order valence-electron chi connectivity index (χ3n) is 13.8. The molecule has 3 heterocycles. The number of esters is 1. The number of hydrogen-bond acceptors (Lipinski definition) is 7. The zero-order chi connectivity index (χ0) is 50.1. The van der Waals surface area contributed by atoms with Gasteiger partial charge in [-0.2, -0.15) is 0 Å². The van der Waals surface area contributed by atoms with Crippen molar-refractivity contribution in [3.63, 3.8) is 0 Å². The van der Waals surface area contributed by atoms with Crippen LogP contribution in [0.25, 0.3) is 42.0 Å². The van der Waals surface area contributed by atoms with Gasteiger partial charge in [-0.05, 0) is 0 Å². The van der Waals surface area contributed by atoms with E-state index in [2.05, 4.69) is 120 Å². The maximum absolute atomic E-state index is 13.7. The van der Waals surface area contributed by atoms with E-state index in [0.29, 0.717) is 35.8 Å². The molecule has 5 rings (SSSR count). The Labute approximate surface area is 438 Å². The summed E-state index contributed by atoms with van der Waals surface area (Å²) in [5, 5.41) is 5.82. The molecule has 69 heavy (non-hydrogen) atoms. The normalized spacial score (nSPS) is 14.2. The minimum atomic E-state index is -0.223. The summed E-state index contributed by atoms with van der Waals surface area (Å²) >= 11 is 5.34. The fraction of sp³-hybridized carbons (Fsp3) is 0.656. The van der Waals surface area contributed by atoms with Gasteiger partial charge in [-0.15, -0.1) is 0 Å². The van der Waals surface area contributed by atoms with Gasteiger partial charge in [0.1, 0.15) is 0 Å². The van der Waals surface area contributed by atoms with Crippen molar-refractivity contribution in [3.05, 3.63) is 54.7 Å². The molecule has 0 saturated carbocycles. The number of rotatable bonds is 31.